The Bertz CT molecular complexity index is 658. The van der Waals surface area contributed by atoms with Gasteiger partial charge < -0.3 is 29.4 Å². The lowest BCUT2D eigenvalue weighted by molar-refractivity contribution is -0.101. The summed E-state index contributed by atoms with van der Waals surface area (Å²) in [4.78, 5) is 37.5. The van der Waals surface area contributed by atoms with Gasteiger partial charge in [0.2, 0.25) is 0 Å². The zero-order chi connectivity index (χ0) is 18.8. The van der Waals surface area contributed by atoms with E-state index in [1.165, 1.54) is 6.92 Å². The highest BCUT2D eigenvalue weighted by atomic mass is 31.3. The van der Waals surface area contributed by atoms with E-state index in [0.29, 0.717) is 0 Å². The second kappa shape index (κ2) is 7.48. The highest BCUT2D eigenvalue weighted by molar-refractivity contribution is 7.66. The second-order valence-electron chi connectivity index (χ2n) is 4.58. The third-order valence-corrected chi connectivity index (χ3v) is 6.33. The van der Waals surface area contributed by atoms with E-state index in [1.807, 2.05) is 0 Å². The third kappa shape index (κ3) is 6.51. The van der Waals surface area contributed by atoms with Gasteiger partial charge in [0.05, 0.1) is 18.8 Å². The van der Waals surface area contributed by atoms with E-state index in [2.05, 4.69) is 23.2 Å². The van der Waals surface area contributed by atoms with Crippen molar-refractivity contribution >= 4 is 23.5 Å². The molecule has 5 atom stereocenters. The van der Waals surface area contributed by atoms with Gasteiger partial charge in [-0.2, -0.15) is 8.62 Å². The first-order chi connectivity index (χ1) is 10.7. The molecule has 15 nitrogen and oxygen atoms in total. The lowest BCUT2D eigenvalue weighted by Gasteiger charge is -2.27. The minimum atomic E-state index is -5.67. The molecule has 0 aliphatic carbocycles. The van der Waals surface area contributed by atoms with E-state index in [9.17, 15) is 23.7 Å². The summed E-state index contributed by atoms with van der Waals surface area (Å²) in [6, 6.07) is 0. The molecule has 0 saturated carbocycles. The fourth-order valence-electron chi connectivity index (χ4n) is 1.78. The van der Waals surface area contributed by atoms with Crippen molar-refractivity contribution in [2.45, 2.75) is 31.3 Å². The van der Waals surface area contributed by atoms with Crippen molar-refractivity contribution in [2.75, 3.05) is 6.61 Å². The number of hydrogen-bond acceptors (Lipinski definition) is 9. The number of azide groups is 1. The summed E-state index contributed by atoms with van der Waals surface area (Å²) in [6.07, 6.45) is -2.02. The van der Waals surface area contributed by atoms with E-state index < -0.39 is 48.0 Å². The van der Waals surface area contributed by atoms with Crippen molar-refractivity contribution < 1.29 is 56.3 Å². The van der Waals surface area contributed by atoms with Gasteiger partial charge in [-0.15, -0.1) is 0 Å². The average Bonchev–Trinajstić information content (AvgIpc) is 2.58. The first kappa shape index (κ1) is 21.7. The topological polar surface area (TPSA) is 238 Å². The predicted molar refractivity (Wildman–Crippen MR) is 72.9 cm³/mol. The molecule has 3 unspecified atom stereocenters. The quantitative estimate of drug-likeness (QED) is 0.158. The molecule has 1 aliphatic heterocycles. The van der Waals surface area contributed by atoms with Crippen LogP contribution in [0.3, 0.4) is 0 Å². The lowest BCUT2D eigenvalue weighted by Crippen LogP contribution is -2.41. The van der Waals surface area contributed by atoms with Crippen LogP contribution in [0.25, 0.3) is 10.4 Å². The summed E-state index contributed by atoms with van der Waals surface area (Å²) in [6.45, 7) is 0.439. The fraction of sp³-hybridized carbons (Fsp3) is 1.00. The molecule has 0 spiro atoms. The molecule has 0 aromatic rings. The molecular formula is C6H14N3O12P3. The monoisotopic (exact) mass is 413 g/mol. The number of ether oxygens (including phenoxy) is 1. The van der Waals surface area contributed by atoms with E-state index in [-0.39, 0.29) is 6.42 Å². The van der Waals surface area contributed by atoms with Crippen LogP contribution >= 0.6 is 23.5 Å². The Morgan fingerprint density at radius 2 is 1.83 bits per heavy atom. The van der Waals surface area contributed by atoms with Crippen molar-refractivity contribution in [1.82, 2.24) is 0 Å². The number of nitrogens with zero attached hydrogens (tertiary/aromatic N) is 3. The van der Waals surface area contributed by atoms with Crippen LogP contribution in [0, 0.1) is 0 Å². The number of phosphoric acid groups is 3. The highest BCUT2D eigenvalue weighted by Gasteiger charge is 2.49. The standard InChI is InChI=1S/C6H14N3O12P3/c1-4-2-5(10)6(19-4,8-9-7)3-18-23(14,15)21-24(16,17)20-22(11,12)13/h4-5,10H,2-3H2,1H3,(H,14,15)(H,16,17)(H2,11,12,13)/t4-,5?,6+/m0/s1. The van der Waals surface area contributed by atoms with Crippen LogP contribution < -0.4 is 0 Å². The molecule has 18 heteroatoms. The molecule has 1 aliphatic rings. The van der Waals surface area contributed by atoms with Crippen molar-refractivity contribution in [3.8, 4) is 0 Å². The maximum Gasteiger partial charge on any atom is 0.490 e. The van der Waals surface area contributed by atoms with Gasteiger partial charge in [0.15, 0.2) is 5.72 Å². The summed E-state index contributed by atoms with van der Waals surface area (Å²) >= 11 is 0. The Labute approximate surface area is 134 Å². The summed E-state index contributed by atoms with van der Waals surface area (Å²) < 4.78 is 49.7. The zero-order valence-electron chi connectivity index (χ0n) is 11.8. The van der Waals surface area contributed by atoms with E-state index in [0.717, 1.165) is 0 Å². The molecule has 0 aromatic carbocycles. The van der Waals surface area contributed by atoms with E-state index >= 15 is 0 Å². The van der Waals surface area contributed by atoms with Crippen molar-refractivity contribution in [1.29, 1.82) is 0 Å². The predicted octanol–water partition coefficient (Wildman–Crippen LogP) is 0.506. The molecule has 24 heavy (non-hydrogen) atoms. The van der Waals surface area contributed by atoms with Gasteiger partial charge in [-0.3, -0.25) is 4.52 Å². The molecule has 0 aromatic heterocycles. The Morgan fingerprint density at radius 1 is 1.25 bits per heavy atom. The smallest absolute Gasteiger partial charge is 0.390 e. The number of hydrogen-bond donors (Lipinski definition) is 5. The number of aliphatic hydroxyl groups excluding tert-OH is 1. The van der Waals surface area contributed by atoms with Crippen LogP contribution in [0.5, 0.6) is 0 Å². The van der Waals surface area contributed by atoms with E-state index in [1.54, 1.807) is 0 Å². The van der Waals surface area contributed by atoms with Crippen molar-refractivity contribution in [2.24, 2.45) is 5.11 Å². The molecule has 140 valence electrons. The number of phosphoric ester groups is 1. The largest absolute Gasteiger partial charge is 0.490 e. The Hall–Kier alpha value is -0.360. The average molecular weight is 413 g/mol. The summed E-state index contributed by atoms with van der Waals surface area (Å²) in [7, 11) is -16.6. The van der Waals surface area contributed by atoms with Gasteiger partial charge in [0.25, 0.3) is 0 Å². The third-order valence-electron chi connectivity index (χ3n) is 2.55. The van der Waals surface area contributed by atoms with Gasteiger partial charge >= 0.3 is 23.5 Å². The molecule has 0 amide bonds. The van der Waals surface area contributed by atoms with Crippen LogP contribution in [-0.2, 0) is 31.6 Å². The first-order valence-electron chi connectivity index (χ1n) is 5.91. The summed E-state index contributed by atoms with van der Waals surface area (Å²) in [5.74, 6) is 0. The molecule has 0 radical (unpaired) electrons. The minimum absolute atomic E-state index is 0.00121. The Balaban J connectivity index is 2.83. The van der Waals surface area contributed by atoms with Crippen LogP contribution in [-0.4, -0.2) is 49.2 Å². The molecule has 1 rings (SSSR count). The van der Waals surface area contributed by atoms with Crippen LogP contribution in [0.1, 0.15) is 13.3 Å². The summed E-state index contributed by atoms with van der Waals surface area (Å²) in [5.41, 5.74) is 6.40. The Kier molecular flexibility index (Phi) is 6.76. The van der Waals surface area contributed by atoms with Gasteiger partial charge in [-0.25, -0.2) is 13.7 Å². The molecule has 1 fully saturated rings. The summed E-state index contributed by atoms with van der Waals surface area (Å²) in [5, 5.41) is 13.0. The highest BCUT2D eigenvalue weighted by Crippen LogP contribution is 2.66. The zero-order valence-corrected chi connectivity index (χ0v) is 14.5. The number of rotatable bonds is 8. The second-order valence-corrected chi connectivity index (χ2v) is 9.00. The van der Waals surface area contributed by atoms with E-state index in [4.69, 9.17) is 24.9 Å². The molecule has 1 saturated heterocycles. The molecular weight excluding hydrogens is 399 g/mol. The Morgan fingerprint density at radius 3 is 2.25 bits per heavy atom. The lowest BCUT2D eigenvalue weighted by atomic mass is 10.1. The number of aliphatic hydroxyl groups is 1. The minimum Gasteiger partial charge on any atom is -0.390 e. The molecule has 0 bridgehead atoms. The first-order valence-corrected chi connectivity index (χ1v) is 10.4. The van der Waals surface area contributed by atoms with Gasteiger partial charge in [-0.05, 0) is 12.5 Å². The van der Waals surface area contributed by atoms with Crippen molar-refractivity contribution in [3.05, 3.63) is 10.4 Å². The van der Waals surface area contributed by atoms with Gasteiger partial charge in [-0.1, -0.05) is 5.11 Å². The van der Waals surface area contributed by atoms with Crippen LogP contribution in [0.4, 0.5) is 0 Å². The molecule has 5 N–H and O–H groups in total. The fourth-order valence-corrected chi connectivity index (χ4v) is 4.82. The maximum atomic E-state index is 11.6. The van der Waals surface area contributed by atoms with Crippen LogP contribution in [0.2, 0.25) is 0 Å². The molecule has 1 heterocycles. The van der Waals surface area contributed by atoms with Crippen LogP contribution in [0.15, 0.2) is 5.11 Å². The maximum absolute atomic E-state index is 11.6. The van der Waals surface area contributed by atoms with Gasteiger partial charge in [0, 0.05) is 11.3 Å². The SMILES string of the molecule is C[C@H]1CC(O)[C@](COP(=O)(O)OP(=O)(O)OP(=O)(O)O)(N=[N+]=[N-])O1. The normalized spacial score (nSPS) is 32.6. The van der Waals surface area contributed by atoms with Gasteiger partial charge in [0.1, 0.15) is 0 Å². The van der Waals surface area contributed by atoms with Crippen molar-refractivity contribution in [3.63, 3.8) is 0 Å².